The third kappa shape index (κ3) is 5.37. The van der Waals surface area contributed by atoms with Crippen molar-refractivity contribution in [3.63, 3.8) is 0 Å². The first-order valence-corrected chi connectivity index (χ1v) is 14.3. The summed E-state index contributed by atoms with van der Waals surface area (Å²) in [5.41, 5.74) is 5.17. The molecule has 2 aliphatic heterocycles. The number of amidine groups is 1. The Bertz CT molecular complexity index is 1280. The summed E-state index contributed by atoms with van der Waals surface area (Å²) in [6.45, 7) is 6.24. The summed E-state index contributed by atoms with van der Waals surface area (Å²) in [7, 11) is 1.69. The Kier molecular flexibility index (Phi) is 7.61. The fourth-order valence-electron chi connectivity index (χ4n) is 5.56. The number of carbonyl (C=O) groups excluding carboxylic acids is 2. The Morgan fingerprint density at radius 3 is 2.50 bits per heavy atom. The summed E-state index contributed by atoms with van der Waals surface area (Å²) in [5, 5.41) is 5.16. The van der Waals surface area contributed by atoms with Gasteiger partial charge in [0, 0.05) is 24.7 Å². The molecule has 2 aromatic carbocycles. The second-order valence-corrected chi connectivity index (χ2v) is 12.3. The number of rotatable bonds is 4. The van der Waals surface area contributed by atoms with Gasteiger partial charge in [-0.2, -0.15) is 10.1 Å². The van der Waals surface area contributed by atoms with Gasteiger partial charge in [-0.05, 0) is 98.8 Å². The van der Waals surface area contributed by atoms with Crippen molar-refractivity contribution in [2.24, 2.45) is 10.1 Å². The molecule has 0 spiro atoms. The first-order chi connectivity index (χ1) is 18.3. The van der Waals surface area contributed by atoms with Crippen molar-refractivity contribution < 1.29 is 14.3 Å². The SMILES string of the molecule is COc1ccc(C(=NC2CCCCC2)N2CCCc3cc(C4=NN(C(C)=O)C(=O)SC4(C)C)ccc32)cc1. The van der Waals surface area contributed by atoms with Crippen molar-refractivity contribution in [3.05, 3.63) is 59.2 Å². The molecule has 1 saturated carbocycles. The molecule has 0 atom stereocenters. The van der Waals surface area contributed by atoms with Crippen LogP contribution in [0.15, 0.2) is 52.6 Å². The summed E-state index contributed by atoms with van der Waals surface area (Å²) in [6, 6.07) is 15.0. The molecule has 5 rings (SSSR count). The van der Waals surface area contributed by atoms with E-state index in [-0.39, 0.29) is 11.1 Å². The Hall–Kier alpha value is -3.13. The minimum absolute atomic E-state index is 0.335. The molecule has 0 saturated heterocycles. The van der Waals surface area contributed by atoms with E-state index in [9.17, 15) is 9.59 Å². The number of hydrazone groups is 1. The molecule has 7 nitrogen and oxygen atoms in total. The smallest absolute Gasteiger partial charge is 0.309 e. The van der Waals surface area contributed by atoms with Crippen LogP contribution < -0.4 is 9.64 Å². The van der Waals surface area contributed by atoms with Crippen LogP contribution in [0.5, 0.6) is 5.75 Å². The fraction of sp³-hybridized carbons (Fsp3) is 0.467. The van der Waals surface area contributed by atoms with Gasteiger partial charge < -0.3 is 9.64 Å². The van der Waals surface area contributed by atoms with Crippen molar-refractivity contribution in [1.29, 1.82) is 0 Å². The maximum absolute atomic E-state index is 12.5. The average molecular weight is 533 g/mol. The van der Waals surface area contributed by atoms with Crippen LogP contribution in [-0.4, -0.2) is 52.1 Å². The quantitative estimate of drug-likeness (QED) is 0.335. The van der Waals surface area contributed by atoms with E-state index in [1.54, 1.807) is 7.11 Å². The number of methoxy groups -OCH3 is 1. The van der Waals surface area contributed by atoms with Gasteiger partial charge in [-0.15, -0.1) is 0 Å². The molecule has 3 aliphatic rings. The maximum Gasteiger partial charge on any atom is 0.309 e. The highest BCUT2D eigenvalue weighted by molar-refractivity contribution is 8.15. The Labute approximate surface area is 229 Å². The van der Waals surface area contributed by atoms with Gasteiger partial charge in [0.2, 0.25) is 5.91 Å². The highest BCUT2D eigenvalue weighted by atomic mass is 32.2. The number of imide groups is 1. The zero-order valence-corrected chi connectivity index (χ0v) is 23.5. The topological polar surface area (TPSA) is 74.6 Å². The number of fused-ring (bicyclic) bond motifs is 1. The van der Waals surface area contributed by atoms with Gasteiger partial charge >= 0.3 is 5.24 Å². The van der Waals surface area contributed by atoms with Crippen molar-refractivity contribution in [2.75, 3.05) is 18.6 Å². The molecular weight excluding hydrogens is 496 g/mol. The largest absolute Gasteiger partial charge is 0.497 e. The molecule has 0 radical (unpaired) electrons. The van der Waals surface area contributed by atoms with Crippen LogP contribution in [0.2, 0.25) is 0 Å². The fourth-order valence-corrected chi connectivity index (χ4v) is 6.51. The van der Waals surface area contributed by atoms with E-state index < -0.39 is 4.75 Å². The second-order valence-electron chi connectivity index (χ2n) is 10.7. The zero-order chi connectivity index (χ0) is 26.9. The number of ether oxygens (including phenoxy) is 1. The van der Waals surface area contributed by atoms with Crippen molar-refractivity contribution >= 4 is 40.1 Å². The number of aliphatic imine (C=N–C) groups is 1. The zero-order valence-electron chi connectivity index (χ0n) is 22.7. The lowest BCUT2D eigenvalue weighted by Gasteiger charge is -2.35. The number of carbonyl (C=O) groups is 2. The van der Waals surface area contributed by atoms with Gasteiger partial charge in [0.25, 0.3) is 0 Å². The highest BCUT2D eigenvalue weighted by Crippen LogP contribution is 2.38. The van der Waals surface area contributed by atoms with E-state index in [1.807, 2.05) is 26.0 Å². The van der Waals surface area contributed by atoms with E-state index in [1.165, 1.54) is 31.7 Å². The molecule has 2 heterocycles. The summed E-state index contributed by atoms with van der Waals surface area (Å²) < 4.78 is 4.87. The first kappa shape index (κ1) is 26.5. The summed E-state index contributed by atoms with van der Waals surface area (Å²) >= 11 is 1.14. The normalized spacial score (nSPS) is 20.2. The molecule has 200 valence electrons. The number of benzene rings is 2. The molecule has 0 bridgehead atoms. The van der Waals surface area contributed by atoms with Gasteiger partial charge in [0.05, 0.1) is 23.6 Å². The van der Waals surface area contributed by atoms with Gasteiger partial charge in [-0.1, -0.05) is 25.3 Å². The minimum Gasteiger partial charge on any atom is -0.497 e. The Balaban J connectivity index is 1.54. The molecule has 1 fully saturated rings. The third-order valence-electron chi connectivity index (χ3n) is 7.54. The molecular formula is C30H36N4O3S. The maximum atomic E-state index is 12.5. The highest BCUT2D eigenvalue weighted by Gasteiger charge is 2.39. The molecule has 0 N–H and O–H groups in total. The van der Waals surface area contributed by atoms with Crippen LogP contribution in [-0.2, 0) is 11.2 Å². The Morgan fingerprint density at radius 2 is 1.82 bits per heavy atom. The lowest BCUT2D eigenvalue weighted by Crippen LogP contribution is -2.43. The van der Waals surface area contributed by atoms with Gasteiger partial charge in [0.1, 0.15) is 11.6 Å². The van der Waals surface area contributed by atoms with E-state index in [0.717, 1.165) is 83.1 Å². The number of amides is 2. The number of hydrogen-bond acceptors (Lipinski definition) is 6. The molecule has 2 aromatic rings. The molecule has 38 heavy (non-hydrogen) atoms. The summed E-state index contributed by atoms with van der Waals surface area (Å²) in [6.07, 6.45) is 8.01. The van der Waals surface area contributed by atoms with Crippen LogP contribution >= 0.6 is 11.8 Å². The number of hydrogen-bond donors (Lipinski definition) is 0. The van der Waals surface area contributed by atoms with E-state index >= 15 is 0 Å². The molecule has 2 amide bonds. The monoisotopic (exact) mass is 532 g/mol. The van der Waals surface area contributed by atoms with E-state index in [2.05, 4.69) is 40.3 Å². The van der Waals surface area contributed by atoms with Crippen LogP contribution in [0.1, 0.15) is 76.0 Å². The van der Waals surface area contributed by atoms with E-state index in [4.69, 9.17) is 9.73 Å². The Morgan fingerprint density at radius 1 is 1.08 bits per heavy atom. The first-order valence-electron chi connectivity index (χ1n) is 13.5. The number of aryl methyl sites for hydroxylation is 1. The number of thioether (sulfide) groups is 1. The predicted octanol–water partition coefficient (Wildman–Crippen LogP) is 6.43. The predicted molar refractivity (Wildman–Crippen MR) is 155 cm³/mol. The standard InChI is InChI=1S/C30H36N4O3S/c1-20(35)34-29(36)38-30(2,3)27(32-34)23-14-17-26-22(19-23)9-8-18-33(26)28(31-24-10-6-5-7-11-24)21-12-15-25(37-4)16-13-21/h12-17,19,24H,5-11,18H2,1-4H3. The van der Waals surface area contributed by atoms with Crippen LogP contribution in [0.3, 0.4) is 0 Å². The minimum atomic E-state index is -0.539. The second kappa shape index (κ2) is 10.9. The van der Waals surface area contributed by atoms with Gasteiger partial charge in [0.15, 0.2) is 0 Å². The van der Waals surface area contributed by atoms with Crippen molar-refractivity contribution in [3.8, 4) is 5.75 Å². The molecule has 0 aromatic heterocycles. The number of anilines is 1. The van der Waals surface area contributed by atoms with Crippen LogP contribution in [0, 0.1) is 0 Å². The average Bonchev–Trinajstić information content (AvgIpc) is 2.91. The third-order valence-corrected chi connectivity index (χ3v) is 8.59. The number of nitrogens with zero attached hydrogens (tertiary/aromatic N) is 4. The lowest BCUT2D eigenvalue weighted by atomic mass is 9.92. The molecule has 8 heteroatoms. The molecule has 1 aliphatic carbocycles. The van der Waals surface area contributed by atoms with Crippen LogP contribution in [0.25, 0.3) is 0 Å². The summed E-state index contributed by atoms with van der Waals surface area (Å²) in [5.74, 6) is 1.48. The van der Waals surface area contributed by atoms with E-state index in [0.29, 0.717) is 6.04 Å². The van der Waals surface area contributed by atoms with Gasteiger partial charge in [-0.25, -0.2) is 0 Å². The van der Waals surface area contributed by atoms with Crippen LogP contribution in [0.4, 0.5) is 10.5 Å². The lowest BCUT2D eigenvalue weighted by molar-refractivity contribution is -0.125. The molecule has 0 unspecified atom stereocenters. The summed E-state index contributed by atoms with van der Waals surface area (Å²) in [4.78, 5) is 32.2. The van der Waals surface area contributed by atoms with Crippen molar-refractivity contribution in [1.82, 2.24) is 5.01 Å². The van der Waals surface area contributed by atoms with Gasteiger partial charge in [-0.3, -0.25) is 14.6 Å². The van der Waals surface area contributed by atoms with Crippen molar-refractivity contribution in [2.45, 2.75) is 76.5 Å².